The number of benzene rings is 1. The smallest absolute Gasteiger partial charge is 0.244 e. The second-order valence-electron chi connectivity index (χ2n) is 5.95. The van der Waals surface area contributed by atoms with Crippen LogP contribution in [0.3, 0.4) is 0 Å². The number of thiazole rings is 1. The summed E-state index contributed by atoms with van der Waals surface area (Å²) in [7, 11) is -3.76. The van der Waals surface area contributed by atoms with Gasteiger partial charge < -0.3 is 4.74 Å². The average Bonchev–Trinajstić information content (AvgIpc) is 3.01. The second kappa shape index (κ2) is 7.39. The van der Waals surface area contributed by atoms with Crippen LogP contribution in [0.1, 0.15) is 37.1 Å². The van der Waals surface area contributed by atoms with Gasteiger partial charge in [0.15, 0.2) is 0 Å². The highest BCUT2D eigenvalue weighted by atomic mass is 35.5. The van der Waals surface area contributed by atoms with Gasteiger partial charge in [-0.2, -0.15) is 0 Å². The standard InChI is InChI=1S/C16H19ClN2O3S2/c1-11(15-8-18-10-23-15)19-24(20,21)16-7-13(17)5-6-14(16)22-9-12-3-2-4-12/h5-8,10-12,19H,2-4,9H2,1H3/t11-/m0/s1. The maximum absolute atomic E-state index is 12.8. The summed E-state index contributed by atoms with van der Waals surface area (Å²) in [5, 5.41) is 0.358. The molecule has 1 atom stereocenters. The topological polar surface area (TPSA) is 68.3 Å². The molecule has 1 aromatic carbocycles. The summed E-state index contributed by atoms with van der Waals surface area (Å²) in [4.78, 5) is 4.90. The minimum atomic E-state index is -3.76. The third-order valence-corrected chi connectivity index (χ3v) is 6.86. The van der Waals surface area contributed by atoms with Crippen LogP contribution < -0.4 is 9.46 Å². The van der Waals surface area contributed by atoms with Crippen molar-refractivity contribution >= 4 is 33.0 Å². The fourth-order valence-corrected chi connectivity index (χ4v) is 4.80. The number of ether oxygens (including phenoxy) is 1. The van der Waals surface area contributed by atoms with E-state index in [0.29, 0.717) is 23.3 Å². The van der Waals surface area contributed by atoms with E-state index in [9.17, 15) is 8.42 Å². The Morgan fingerprint density at radius 1 is 1.46 bits per heavy atom. The van der Waals surface area contributed by atoms with Crippen molar-refractivity contribution in [2.24, 2.45) is 5.92 Å². The van der Waals surface area contributed by atoms with E-state index in [1.165, 1.54) is 23.8 Å². The Bertz CT molecular complexity index is 790. The van der Waals surface area contributed by atoms with Gasteiger partial charge in [-0.1, -0.05) is 18.0 Å². The van der Waals surface area contributed by atoms with E-state index < -0.39 is 10.0 Å². The predicted octanol–water partition coefficient (Wildman–Crippen LogP) is 4.01. The fourth-order valence-electron chi connectivity index (χ4n) is 2.47. The first-order valence-electron chi connectivity index (χ1n) is 7.79. The molecule has 24 heavy (non-hydrogen) atoms. The molecule has 1 N–H and O–H groups in total. The van der Waals surface area contributed by atoms with Crippen LogP contribution >= 0.6 is 22.9 Å². The lowest BCUT2D eigenvalue weighted by Gasteiger charge is -2.25. The van der Waals surface area contributed by atoms with Crippen molar-refractivity contribution < 1.29 is 13.2 Å². The molecule has 2 aromatic rings. The number of nitrogens with one attached hydrogen (secondary N) is 1. The molecule has 1 aliphatic carbocycles. The van der Waals surface area contributed by atoms with Gasteiger partial charge >= 0.3 is 0 Å². The summed E-state index contributed by atoms with van der Waals surface area (Å²) in [6, 6.07) is 4.32. The van der Waals surface area contributed by atoms with Gasteiger partial charge in [0.25, 0.3) is 0 Å². The molecule has 0 spiro atoms. The van der Waals surface area contributed by atoms with Crippen LogP contribution in [0.15, 0.2) is 34.8 Å². The van der Waals surface area contributed by atoms with E-state index in [4.69, 9.17) is 16.3 Å². The zero-order valence-corrected chi connectivity index (χ0v) is 15.6. The molecule has 3 rings (SSSR count). The van der Waals surface area contributed by atoms with Crippen molar-refractivity contribution in [1.82, 2.24) is 9.71 Å². The molecule has 1 aromatic heterocycles. The van der Waals surface area contributed by atoms with Gasteiger partial charge in [0, 0.05) is 16.1 Å². The Morgan fingerprint density at radius 2 is 2.25 bits per heavy atom. The van der Waals surface area contributed by atoms with Crippen LogP contribution in [-0.2, 0) is 10.0 Å². The summed E-state index contributed by atoms with van der Waals surface area (Å²) in [6.07, 6.45) is 5.14. The molecule has 0 aliphatic heterocycles. The van der Waals surface area contributed by atoms with Crippen molar-refractivity contribution in [1.29, 1.82) is 0 Å². The van der Waals surface area contributed by atoms with E-state index in [-0.39, 0.29) is 10.9 Å². The Kier molecular flexibility index (Phi) is 5.44. The minimum absolute atomic E-state index is 0.0747. The highest BCUT2D eigenvalue weighted by Gasteiger charge is 2.25. The number of sulfonamides is 1. The van der Waals surface area contributed by atoms with Gasteiger partial charge in [-0.3, -0.25) is 4.98 Å². The summed E-state index contributed by atoms with van der Waals surface area (Å²) in [5.41, 5.74) is 1.67. The van der Waals surface area contributed by atoms with Crippen molar-refractivity contribution in [3.63, 3.8) is 0 Å². The third kappa shape index (κ3) is 4.08. The van der Waals surface area contributed by atoms with Crippen molar-refractivity contribution in [3.05, 3.63) is 39.8 Å². The van der Waals surface area contributed by atoms with Gasteiger partial charge in [-0.15, -0.1) is 11.3 Å². The van der Waals surface area contributed by atoms with E-state index in [0.717, 1.165) is 17.7 Å². The van der Waals surface area contributed by atoms with Crippen LogP contribution in [0.2, 0.25) is 5.02 Å². The summed E-state index contributed by atoms with van der Waals surface area (Å²) in [5.74, 6) is 0.857. The molecule has 0 bridgehead atoms. The molecular weight excluding hydrogens is 368 g/mol. The molecule has 8 heteroatoms. The number of rotatable bonds is 7. The van der Waals surface area contributed by atoms with Gasteiger partial charge in [0.2, 0.25) is 10.0 Å². The van der Waals surface area contributed by atoms with E-state index in [1.807, 2.05) is 0 Å². The molecule has 5 nitrogen and oxygen atoms in total. The molecule has 1 saturated carbocycles. The van der Waals surface area contributed by atoms with E-state index in [1.54, 1.807) is 30.8 Å². The molecule has 1 fully saturated rings. The normalized spacial score (nSPS) is 16.6. The van der Waals surface area contributed by atoms with Gasteiger partial charge in [-0.25, -0.2) is 13.1 Å². The molecule has 0 radical (unpaired) electrons. The maximum atomic E-state index is 12.8. The number of hydrogen-bond donors (Lipinski definition) is 1. The lowest BCUT2D eigenvalue weighted by molar-refractivity contribution is 0.177. The molecule has 0 saturated heterocycles. The van der Waals surface area contributed by atoms with Crippen molar-refractivity contribution in [3.8, 4) is 5.75 Å². The molecule has 0 amide bonds. The van der Waals surface area contributed by atoms with Crippen LogP contribution in [0.5, 0.6) is 5.75 Å². The minimum Gasteiger partial charge on any atom is -0.492 e. The maximum Gasteiger partial charge on any atom is 0.244 e. The Morgan fingerprint density at radius 3 is 2.88 bits per heavy atom. The first-order valence-corrected chi connectivity index (χ1v) is 10.5. The molecule has 0 unspecified atom stereocenters. The Labute approximate surface area is 151 Å². The number of halogens is 1. The highest BCUT2D eigenvalue weighted by molar-refractivity contribution is 7.89. The van der Waals surface area contributed by atoms with E-state index in [2.05, 4.69) is 9.71 Å². The van der Waals surface area contributed by atoms with Gasteiger partial charge in [0.05, 0.1) is 18.2 Å². The quantitative estimate of drug-likeness (QED) is 0.780. The SMILES string of the molecule is C[C@H](NS(=O)(=O)c1cc(Cl)ccc1OCC1CCC1)c1cncs1. The first-order chi connectivity index (χ1) is 11.5. The average molecular weight is 387 g/mol. The summed E-state index contributed by atoms with van der Waals surface area (Å²) < 4.78 is 34.0. The second-order valence-corrected chi connectivity index (χ2v) is 8.98. The Balaban J connectivity index is 1.81. The first kappa shape index (κ1) is 17.7. The van der Waals surface area contributed by atoms with Gasteiger partial charge in [-0.05, 0) is 43.9 Å². The van der Waals surface area contributed by atoms with Crippen LogP contribution in [0.4, 0.5) is 0 Å². The van der Waals surface area contributed by atoms with Crippen molar-refractivity contribution in [2.75, 3.05) is 6.61 Å². The highest BCUT2D eigenvalue weighted by Crippen LogP contribution is 2.32. The van der Waals surface area contributed by atoms with E-state index >= 15 is 0 Å². The van der Waals surface area contributed by atoms with Gasteiger partial charge in [0.1, 0.15) is 10.6 Å². The largest absolute Gasteiger partial charge is 0.492 e. The third-order valence-electron chi connectivity index (χ3n) is 4.10. The summed E-state index contributed by atoms with van der Waals surface area (Å²) in [6.45, 7) is 2.32. The van der Waals surface area contributed by atoms with Crippen LogP contribution in [0.25, 0.3) is 0 Å². The zero-order valence-electron chi connectivity index (χ0n) is 13.2. The number of hydrogen-bond acceptors (Lipinski definition) is 5. The monoisotopic (exact) mass is 386 g/mol. The lowest BCUT2D eigenvalue weighted by Crippen LogP contribution is -2.27. The molecule has 1 heterocycles. The van der Waals surface area contributed by atoms with Crippen LogP contribution in [0, 0.1) is 5.92 Å². The Hall–Kier alpha value is -1.15. The number of aromatic nitrogens is 1. The molecular formula is C16H19ClN2O3S2. The van der Waals surface area contributed by atoms with Crippen LogP contribution in [-0.4, -0.2) is 20.0 Å². The fraction of sp³-hybridized carbons (Fsp3) is 0.438. The summed E-state index contributed by atoms with van der Waals surface area (Å²) >= 11 is 7.41. The molecule has 1 aliphatic rings. The van der Waals surface area contributed by atoms with Crippen molar-refractivity contribution in [2.45, 2.75) is 37.1 Å². The lowest BCUT2D eigenvalue weighted by atomic mass is 9.86. The zero-order chi connectivity index (χ0) is 17.2. The molecule has 130 valence electrons. The predicted molar refractivity (Wildman–Crippen MR) is 95.1 cm³/mol. The number of nitrogens with zero attached hydrogens (tertiary/aromatic N) is 1.